The summed E-state index contributed by atoms with van der Waals surface area (Å²) in [6.45, 7) is 3.40. The summed E-state index contributed by atoms with van der Waals surface area (Å²) in [5.74, 6) is -0.544. The molecule has 2 atom stereocenters. The van der Waals surface area contributed by atoms with E-state index < -0.39 is 26.5 Å². The van der Waals surface area contributed by atoms with Crippen LogP contribution < -0.4 is 5.32 Å². The summed E-state index contributed by atoms with van der Waals surface area (Å²) in [6.07, 6.45) is 52.6. The summed E-state index contributed by atoms with van der Waals surface area (Å²) in [7, 11) is -4.43. The van der Waals surface area contributed by atoms with Crippen LogP contribution in [0.2, 0.25) is 0 Å². The Hall–Kier alpha value is -2.55. The first-order valence-electron chi connectivity index (χ1n) is 22.4. The van der Waals surface area contributed by atoms with Crippen LogP contribution >= 0.6 is 7.82 Å². The molecule has 0 bridgehead atoms. The van der Waals surface area contributed by atoms with Crippen LogP contribution in [0.3, 0.4) is 0 Å². The van der Waals surface area contributed by atoms with Gasteiger partial charge in [-0.15, -0.1) is 0 Å². The lowest BCUT2D eigenvalue weighted by molar-refractivity contribution is -0.147. The van der Waals surface area contributed by atoms with Crippen LogP contribution in [-0.2, 0) is 27.9 Å². The molecular formula is C47H82NO8P. The van der Waals surface area contributed by atoms with E-state index in [2.05, 4.69) is 92.1 Å². The highest BCUT2D eigenvalue weighted by Gasteiger charge is 2.23. The molecule has 0 aromatic heterocycles. The fourth-order valence-electron chi connectivity index (χ4n) is 5.79. The third-order valence-corrected chi connectivity index (χ3v) is 10.1. The van der Waals surface area contributed by atoms with E-state index in [0.717, 1.165) is 89.9 Å². The van der Waals surface area contributed by atoms with Gasteiger partial charge in [-0.1, -0.05) is 177 Å². The highest BCUT2D eigenvalue weighted by molar-refractivity contribution is 7.47. The van der Waals surface area contributed by atoms with Crippen LogP contribution in [0.5, 0.6) is 0 Å². The topological polar surface area (TPSA) is 131 Å². The van der Waals surface area contributed by atoms with Crippen LogP contribution in [-0.4, -0.2) is 54.3 Å². The molecule has 0 fully saturated rings. The zero-order chi connectivity index (χ0) is 41.8. The Labute approximate surface area is 348 Å². The number of rotatable bonds is 41. The smallest absolute Gasteiger partial charge is 0.463 e. The number of ether oxygens (including phenoxy) is 1. The van der Waals surface area contributed by atoms with Gasteiger partial charge in [-0.3, -0.25) is 18.6 Å². The molecule has 3 N–H and O–H groups in total. The number of carbonyl (C=O) groups is 2. The van der Waals surface area contributed by atoms with Gasteiger partial charge in [0.2, 0.25) is 5.91 Å². The predicted octanol–water partition coefficient (Wildman–Crippen LogP) is 12.7. The largest absolute Gasteiger partial charge is 0.472 e. The number of esters is 1. The van der Waals surface area contributed by atoms with Gasteiger partial charge in [-0.25, -0.2) is 4.57 Å². The van der Waals surface area contributed by atoms with Crippen LogP contribution in [0.25, 0.3) is 0 Å². The van der Waals surface area contributed by atoms with Crippen molar-refractivity contribution in [2.45, 2.75) is 187 Å². The minimum atomic E-state index is -4.43. The van der Waals surface area contributed by atoms with Crippen LogP contribution in [0.15, 0.2) is 72.9 Å². The molecule has 0 saturated heterocycles. The van der Waals surface area contributed by atoms with Gasteiger partial charge in [0.15, 0.2) is 0 Å². The maximum atomic E-state index is 12.1. The third kappa shape index (κ3) is 44.4. The Kier molecular flexibility index (Phi) is 41.1. The molecule has 2 unspecified atom stereocenters. The number of aliphatic hydroxyl groups is 1. The number of phosphoric acid groups is 1. The molecule has 0 heterocycles. The average molecular weight is 820 g/mol. The Balaban J connectivity index is 3.66. The number of carbonyl (C=O) groups excluding carboxylic acids is 2. The van der Waals surface area contributed by atoms with Gasteiger partial charge < -0.3 is 20.1 Å². The number of amides is 1. The number of hydrogen-bond acceptors (Lipinski definition) is 7. The molecule has 0 aliphatic heterocycles. The Morgan fingerprint density at radius 3 is 1.51 bits per heavy atom. The molecular weight excluding hydrogens is 737 g/mol. The standard InChI is InChI=1S/C47H82NO8P/c1-3-5-7-9-11-13-15-17-18-19-20-21-22-23-24-25-26-28-29-31-33-35-37-39-46(50)48-41-42-55-57(52,53)56-44-45(49)43-54-47(51)40-38-36-34-32-30-27-16-14-12-10-8-6-4-2/h5,7,11,13,17-18,20-21,23-24,26,28,45,49H,3-4,6,8-10,12,14-16,19,22,25,27,29-44H2,1-2H3,(H,48,50)(H,52,53)/b7-5-,13-11-,18-17-,21-20-,24-23-,28-26-. The summed E-state index contributed by atoms with van der Waals surface area (Å²) in [5, 5.41) is 12.7. The normalized spacial score (nSPS) is 14.0. The van der Waals surface area contributed by atoms with Crippen molar-refractivity contribution in [3.8, 4) is 0 Å². The molecule has 0 aliphatic carbocycles. The molecule has 0 aromatic carbocycles. The van der Waals surface area contributed by atoms with Crippen LogP contribution in [0.4, 0.5) is 0 Å². The Morgan fingerprint density at radius 1 is 0.561 bits per heavy atom. The van der Waals surface area contributed by atoms with Crippen molar-refractivity contribution in [3.63, 3.8) is 0 Å². The molecule has 0 spiro atoms. The van der Waals surface area contributed by atoms with Crippen LogP contribution in [0, 0.1) is 0 Å². The van der Waals surface area contributed by atoms with Gasteiger partial charge >= 0.3 is 13.8 Å². The highest BCUT2D eigenvalue weighted by Crippen LogP contribution is 2.42. The molecule has 0 saturated carbocycles. The van der Waals surface area contributed by atoms with E-state index in [1.54, 1.807) is 0 Å². The van der Waals surface area contributed by atoms with Crippen LogP contribution in [0.1, 0.15) is 181 Å². The van der Waals surface area contributed by atoms with Crippen molar-refractivity contribution >= 4 is 19.7 Å². The van der Waals surface area contributed by atoms with Gasteiger partial charge in [-0.05, 0) is 64.2 Å². The van der Waals surface area contributed by atoms with Crippen molar-refractivity contribution < 1.29 is 37.9 Å². The summed E-state index contributed by atoms with van der Waals surface area (Å²) in [4.78, 5) is 33.9. The third-order valence-electron chi connectivity index (χ3n) is 9.15. The van der Waals surface area contributed by atoms with Gasteiger partial charge in [0, 0.05) is 19.4 Å². The lowest BCUT2D eigenvalue weighted by Crippen LogP contribution is -2.27. The lowest BCUT2D eigenvalue weighted by Gasteiger charge is -2.15. The van der Waals surface area contributed by atoms with Gasteiger partial charge in [0.25, 0.3) is 0 Å². The van der Waals surface area contributed by atoms with Crippen molar-refractivity contribution in [2.75, 3.05) is 26.4 Å². The fourth-order valence-corrected chi connectivity index (χ4v) is 6.55. The summed E-state index contributed by atoms with van der Waals surface area (Å²) in [6, 6.07) is 0. The first-order chi connectivity index (χ1) is 27.8. The SMILES string of the molecule is CC/C=C\C/C=C\C/C=C\C/C=C\C/C=C\C/C=C\CCCCCCC(=O)NCCOP(=O)(O)OCC(O)COC(=O)CCCCCCCCCCCCCCC. The Bertz CT molecular complexity index is 1160. The molecule has 57 heavy (non-hydrogen) atoms. The van der Waals surface area contributed by atoms with Crippen molar-refractivity contribution in [3.05, 3.63) is 72.9 Å². The zero-order valence-electron chi connectivity index (χ0n) is 36.0. The number of phosphoric ester groups is 1. The molecule has 0 aromatic rings. The van der Waals surface area contributed by atoms with Crippen molar-refractivity contribution in [1.29, 1.82) is 0 Å². The average Bonchev–Trinajstić information content (AvgIpc) is 3.20. The van der Waals surface area contributed by atoms with E-state index in [4.69, 9.17) is 13.8 Å². The Morgan fingerprint density at radius 2 is 1.00 bits per heavy atom. The van der Waals surface area contributed by atoms with Gasteiger partial charge in [0.05, 0.1) is 13.2 Å². The van der Waals surface area contributed by atoms with E-state index in [1.165, 1.54) is 64.2 Å². The summed E-state index contributed by atoms with van der Waals surface area (Å²) < 4.78 is 26.9. The zero-order valence-corrected chi connectivity index (χ0v) is 36.9. The number of aliphatic hydroxyl groups excluding tert-OH is 1. The fraction of sp³-hybridized carbons (Fsp3) is 0.702. The number of unbranched alkanes of at least 4 members (excludes halogenated alkanes) is 16. The van der Waals surface area contributed by atoms with Crippen molar-refractivity contribution in [2.24, 2.45) is 0 Å². The summed E-state index contributed by atoms with van der Waals surface area (Å²) >= 11 is 0. The molecule has 9 nitrogen and oxygen atoms in total. The van der Waals surface area contributed by atoms with E-state index >= 15 is 0 Å². The van der Waals surface area contributed by atoms with E-state index in [0.29, 0.717) is 6.42 Å². The molecule has 0 radical (unpaired) electrons. The molecule has 328 valence electrons. The number of nitrogens with one attached hydrogen (secondary N) is 1. The first-order valence-corrected chi connectivity index (χ1v) is 23.9. The monoisotopic (exact) mass is 820 g/mol. The molecule has 0 aliphatic rings. The number of allylic oxidation sites excluding steroid dienone is 12. The minimum absolute atomic E-state index is 0.0643. The summed E-state index contributed by atoms with van der Waals surface area (Å²) in [5.41, 5.74) is 0. The van der Waals surface area contributed by atoms with Gasteiger partial charge in [0.1, 0.15) is 12.7 Å². The minimum Gasteiger partial charge on any atom is -0.463 e. The quantitative estimate of drug-likeness (QED) is 0.0240. The van der Waals surface area contributed by atoms with Crippen molar-refractivity contribution in [1.82, 2.24) is 5.32 Å². The maximum absolute atomic E-state index is 12.1. The molecule has 1 amide bonds. The van der Waals surface area contributed by atoms with E-state index in [-0.39, 0.29) is 32.1 Å². The highest BCUT2D eigenvalue weighted by atomic mass is 31.2. The molecule has 10 heteroatoms. The maximum Gasteiger partial charge on any atom is 0.472 e. The first kappa shape index (κ1) is 54.5. The second-order valence-corrected chi connectivity index (χ2v) is 16.1. The predicted molar refractivity (Wildman–Crippen MR) is 238 cm³/mol. The lowest BCUT2D eigenvalue weighted by atomic mass is 10.0. The second-order valence-electron chi connectivity index (χ2n) is 14.6. The number of hydrogen-bond donors (Lipinski definition) is 3. The second kappa shape index (κ2) is 43.0. The van der Waals surface area contributed by atoms with E-state index in [1.807, 2.05) is 0 Å². The molecule has 0 rings (SSSR count). The van der Waals surface area contributed by atoms with E-state index in [9.17, 15) is 24.2 Å². The van der Waals surface area contributed by atoms with Gasteiger partial charge in [-0.2, -0.15) is 0 Å².